The Balaban J connectivity index is 2.50. The molecule has 1 nitrogen and oxygen atoms in total. The van der Waals surface area contributed by atoms with Crippen LogP contribution in [-0.2, 0) is 0 Å². The van der Waals surface area contributed by atoms with Gasteiger partial charge in [0.1, 0.15) is 5.75 Å². The zero-order chi connectivity index (χ0) is 13.2. The van der Waals surface area contributed by atoms with Crippen LogP contribution in [0.4, 0.5) is 0 Å². The molecule has 0 aromatic heterocycles. The van der Waals surface area contributed by atoms with Crippen LogP contribution in [0.2, 0.25) is 0 Å². The fourth-order valence-electron chi connectivity index (χ4n) is 2.55. The second kappa shape index (κ2) is 4.90. The van der Waals surface area contributed by atoms with E-state index in [2.05, 4.69) is 55.1 Å². The Labute approximate surface area is 115 Å². The van der Waals surface area contributed by atoms with Gasteiger partial charge in [-0.25, -0.2) is 0 Å². The topological polar surface area (TPSA) is 9.23 Å². The fourth-order valence-corrected chi connectivity index (χ4v) is 2.84. The Hall–Kier alpha value is -2.06. The lowest BCUT2D eigenvalue weighted by molar-refractivity contribution is 0.397. The molecule has 0 aliphatic carbocycles. The van der Waals surface area contributed by atoms with Crippen molar-refractivity contribution in [1.82, 2.24) is 0 Å². The molecule has 0 aliphatic rings. The van der Waals surface area contributed by atoms with Gasteiger partial charge in [-0.3, -0.25) is 0 Å². The third kappa shape index (κ3) is 1.94. The predicted octanol–water partition coefficient (Wildman–Crippen LogP) is 3.34. The first-order chi connectivity index (χ1) is 9.35. The maximum atomic E-state index is 5.96. The quantitative estimate of drug-likeness (QED) is 0.521. The van der Waals surface area contributed by atoms with E-state index in [0.29, 0.717) is 0 Å². The molecule has 3 aromatic rings. The summed E-state index contributed by atoms with van der Waals surface area (Å²) in [6, 6.07) is 16.9. The predicted molar refractivity (Wildman–Crippen MR) is 87.0 cm³/mol. The summed E-state index contributed by atoms with van der Waals surface area (Å²) in [5.41, 5.74) is 1.15. The second-order valence-electron chi connectivity index (χ2n) is 4.51. The van der Waals surface area contributed by atoms with Crippen LogP contribution in [0, 0.1) is 0 Å². The zero-order valence-corrected chi connectivity index (χ0v) is 13.0. The number of hydrogen-bond acceptors (Lipinski definition) is 1. The summed E-state index contributed by atoms with van der Waals surface area (Å²) in [5.74, 6) is 1.01. The average molecular weight is 264 g/mol. The summed E-state index contributed by atoms with van der Waals surface area (Å²) >= 11 is 0. The molecule has 0 heterocycles. The normalized spacial score (nSPS) is 10.9. The molecule has 0 saturated heterocycles. The molecule has 0 aliphatic heterocycles. The van der Waals surface area contributed by atoms with E-state index in [9.17, 15) is 0 Å². The molecule has 0 fully saturated rings. The lowest BCUT2D eigenvalue weighted by Crippen LogP contribution is -1.97. The molecule has 3 rings (SSSR count). The van der Waals surface area contributed by atoms with E-state index in [1.807, 2.05) is 6.08 Å². The maximum Gasteiger partial charge on any atom is 0.134 e. The Kier molecular flexibility index (Phi) is 3.09. The number of fused-ring (bicyclic) bond motifs is 2. The molecule has 0 atom stereocenters. The Morgan fingerprint density at radius 2 is 1.79 bits per heavy atom. The van der Waals surface area contributed by atoms with Crippen molar-refractivity contribution >= 4 is 37.9 Å². The lowest BCUT2D eigenvalue weighted by Gasteiger charge is -2.13. The van der Waals surface area contributed by atoms with Gasteiger partial charge in [0.2, 0.25) is 0 Å². The monoisotopic (exact) mass is 264 g/mol. The smallest absolute Gasteiger partial charge is 0.134 e. The van der Waals surface area contributed by atoms with Gasteiger partial charge in [-0.1, -0.05) is 55.1 Å². The summed E-state index contributed by atoms with van der Waals surface area (Å²) in [7, 11) is 1.03. The maximum absolute atomic E-state index is 5.96. The Bertz CT molecular complexity index is 762. The molecule has 0 radical (unpaired) electrons. The summed E-state index contributed by atoms with van der Waals surface area (Å²) < 4.78 is 5.96. The Morgan fingerprint density at radius 1 is 1.00 bits per heavy atom. The number of rotatable bonds is 3. The van der Waals surface area contributed by atoms with E-state index in [1.165, 1.54) is 21.5 Å². The minimum Gasteiger partial charge on any atom is -0.497 e. The molecule has 19 heavy (non-hydrogen) atoms. The standard InChI is InChI=1S/C17H16OSi/c1-2-12-7-5-9-15-16(12)10-13-6-3-4-8-14(13)17(15)18-11-19/h2-10H,1,11H2,19H3. The van der Waals surface area contributed by atoms with E-state index in [4.69, 9.17) is 4.74 Å². The molecule has 3 aromatic carbocycles. The third-order valence-electron chi connectivity index (χ3n) is 3.40. The number of hydrogen-bond donors (Lipinski definition) is 0. The highest BCUT2D eigenvalue weighted by molar-refractivity contribution is 6.10. The van der Waals surface area contributed by atoms with Crippen molar-refractivity contribution < 1.29 is 4.74 Å². The summed E-state index contributed by atoms with van der Waals surface area (Å²) in [5, 5.41) is 4.79. The van der Waals surface area contributed by atoms with Crippen molar-refractivity contribution in [2.75, 3.05) is 6.23 Å². The second-order valence-corrected chi connectivity index (χ2v) is 5.08. The first-order valence-corrected chi connectivity index (χ1v) is 7.96. The molecular formula is C17H16OSi. The Morgan fingerprint density at radius 3 is 2.58 bits per heavy atom. The lowest BCUT2D eigenvalue weighted by atomic mass is 9.98. The molecule has 0 N–H and O–H groups in total. The van der Waals surface area contributed by atoms with Gasteiger partial charge in [0.25, 0.3) is 0 Å². The van der Waals surface area contributed by atoms with Crippen LogP contribution in [-0.4, -0.2) is 16.5 Å². The van der Waals surface area contributed by atoms with E-state index < -0.39 is 0 Å². The molecule has 0 amide bonds. The zero-order valence-electron chi connectivity index (χ0n) is 11.0. The molecule has 2 heteroatoms. The summed E-state index contributed by atoms with van der Waals surface area (Å²) in [4.78, 5) is 0. The van der Waals surface area contributed by atoms with Gasteiger partial charge in [0.05, 0.1) is 16.5 Å². The van der Waals surface area contributed by atoms with Crippen molar-refractivity contribution in [3.05, 3.63) is 60.7 Å². The van der Waals surface area contributed by atoms with Crippen LogP contribution in [0.5, 0.6) is 5.75 Å². The largest absolute Gasteiger partial charge is 0.497 e. The van der Waals surface area contributed by atoms with Crippen LogP contribution in [0.3, 0.4) is 0 Å². The van der Waals surface area contributed by atoms with Gasteiger partial charge < -0.3 is 4.74 Å². The van der Waals surface area contributed by atoms with Crippen molar-refractivity contribution in [3.63, 3.8) is 0 Å². The van der Waals surface area contributed by atoms with Crippen LogP contribution < -0.4 is 4.74 Å². The highest BCUT2D eigenvalue weighted by Gasteiger charge is 2.09. The van der Waals surface area contributed by atoms with Crippen LogP contribution >= 0.6 is 0 Å². The van der Waals surface area contributed by atoms with Gasteiger partial charge in [0.15, 0.2) is 0 Å². The third-order valence-corrected chi connectivity index (χ3v) is 3.69. The van der Waals surface area contributed by atoms with Crippen LogP contribution in [0.15, 0.2) is 55.1 Å². The van der Waals surface area contributed by atoms with Crippen LogP contribution in [0.1, 0.15) is 5.56 Å². The van der Waals surface area contributed by atoms with Crippen molar-refractivity contribution in [2.45, 2.75) is 0 Å². The summed E-state index contributed by atoms with van der Waals surface area (Å²) in [6.07, 6.45) is 2.71. The van der Waals surface area contributed by atoms with Crippen molar-refractivity contribution in [3.8, 4) is 5.75 Å². The van der Waals surface area contributed by atoms with Gasteiger partial charge in [0, 0.05) is 10.8 Å². The van der Waals surface area contributed by atoms with Crippen molar-refractivity contribution in [2.24, 2.45) is 0 Å². The minimum atomic E-state index is 0.807. The number of benzene rings is 3. The minimum absolute atomic E-state index is 0.807. The van der Waals surface area contributed by atoms with Crippen molar-refractivity contribution in [1.29, 1.82) is 0 Å². The molecule has 94 valence electrons. The highest BCUT2D eigenvalue weighted by Crippen LogP contribution is 2.36. The summed E-state index contributed by atoms with van der Waals surface area (Å²) in [6.45, 7) is 3.90. The average Bonchev–Trinajstić information content (AvgIpc) is 2.46. The molecule has 0 saturated carbocycles. The first kappa shape index (κ1) is 12.0. The highest BCUT2D eigenvalue weighted by atomic mass is 28.1. The van der Waals surface area contributed by atoms with Gasteiger partial charge in [-0.15, -0.1) is 0 Å². The van der Waals surface area contributed by atoms with Crippen LogP contribution in [0.25, 0.3) is 27.6 Å². The first-order valence-electron chi connectivity index (χ1n) is 6.55. The van der Waals surface area contributed by atoms with E-state index >= 15 is 0 Å². The molecule has 0 unspecified atom stereocenters. The fraction of sp³-hybridized carbons (Fsp3) is 0.0588. The van der Waals surface area contributed by atoms with E-state index in [0.717, 1.165) is 27.8 Å². The van der Waals surface area contributed by atoms with Gasteiger partial charge in [-0.2, -0.15) is 0 Å². The molecule has 0 spiro atoms. The molecule has 0 bridgehead atoms. The van der Waals surface area contributed by atoms with Gasteiger partial charge >= 0.3 is 0 Å². The van der Waals surface area contributed by atoms with Gasteiger partial charge in [-0.05, 0) is 22.4 Å². The number of ether oxygens (including phenoxy) is 1. The van der Waals surface area contributed by atoms with E-state index in [1.54, 1.807) is 0 Å². The van der Waals surface area contributed by atoms with E-state index in [-0.39, 0.29) is 0 Å². The molecular weight excluding hydrogens is 248 g/mol. The SMILES string of the molecule is C=Cc1cccc2c(OC[SiH3])c3ccccc3cc12.